The Hall–Kier alpha value is -3.75. The number of para-hydroxylation sites is 1. The Kier molecular flexibility index (Phi) is 4.88. The number of anilines is 2. The molecule has 2 amide bonds. The van der Waals surface area contributed by atoms with Crippen LogP contribution in [0, 0.1) is 16.0 Å². The molecule has 2 fully saturated rings. The first-order valence-corrected chi connectivity index (χ1v) is 10.2. The first kappa shape index (κ1) is 20.2. The highest BCUT2D eigenvalue weighted by Gasteiger charge is 2.60. The number of nitro benzene ring substituents is 1. The Morgan fingerprint density at radius 3 is 2.12 bits per heavy atom. The molecule has 3 aromatic rings. The summed E-state index contributed by atoms with van der Waals surface area (Å²) in [7, 11) is 0. The molecule has 2 aliphatic rings. The predicted molar refractivity (Wildman–Crippen MR) is 117 cm³/mol. The fourth-order valence-corrected chi connectivity index (χ4v) is 4.32. The Morgan fingerprint density at radius 2 is 1.50 bits per heavy atom. The second kappa shape index (κ2) is 7.74. The second-order valence-electron chi connectivity index (χ2n) is 7.49. The minimum absolute atomic E-state index is 0.0629. The zero-order valence-electron chi connectivity index (χ0n) is 16.5. The molecule has 160 valence electrons. The van der Waals surface area contributed by atoms with Crippen LogP contribution in [0.15, 0.2) is 78.9 Å². The van der Waals surface area contributed by atoms with Crippen LogP contribution in [-0.2, 0) is 14.4 Å². The van der Waals surface area contributed by atoms with Gasteiger partial charge in [-0.25, -0.2) is 9.96 Å². The standard InChI is InChI=1S/C23H16ClN3O5/c24-15-8-12-16(13-9-15)25-22(28)19-20(14-6-10-18(11-7-14)27(30)31)26(32-21(19)23(25)29)17-4-2-1-3-5-17/h1-13,19-21H/t19-,20-,21+/m0/s1. The lowest BCUT2D eigenvalue weighted by atomic mass is 9.90. The van der Waals surface area contributed by atoms with Crippen molar-refractivity contribution in [2.45, 2.75) is 12.1 Å². The minimum atomic E-state index is -1.02. The van der Waals surface area contributed by atoms with E-state index in [4.69, 9.17) is 16.4 Å². The van der Waals surface area contributed by atoms with Gasteiger partial charge in [0.25, 0.3) is 11.6 Å². The number of hydroxylamine groups is 1. The molecule has 3 atom stereocenters. The van der Waals surface area contributed by atoms with Crippen molar-refractivity contribution < 1.29 is 19.3 Å². The van der Waals surface area contributed by atoms with E-state index in [0.717, 1.165) is 4.90 Å². The second-order valence-corrected chi connectivity index (χ2v) is 7.93. The molecule has 8 nitrogen and oxygen atoms in total. The van der Waals surface area contributed by atoms with E-state index < -0.39 is 34.8 Å². The summed E-state index contributed by atoms with van der Waals surface area (Å²) in [6, 6.07) is 20.8. The van der Waals surface area contributed by atoms with Crippen molar-refractivity contribution in [1.29, 1.82) is 0 Å². The van der Waals surface area contributed by atoms with Gasteiger partial charge in [-0.2, -0.15) is 0 Å². The highest BCUT2D eigenvalue weighted by Crippen LogP contribution is 2.47. The number of fused-ring (bicyclic) bond motifs is 1. The van der Waals surface area contributed by atoms with Crippen LogP contribution in [0.25, 0.3) is 0 Å². The topological polar surface area (TPSA) is 93.0 Å². The predicted octanol–water partition coefficient (Wildman–Crippen LogP) is 4.30. The third-order valence-corrected chi connectivity index (χ3v) is 5.91. The van der Waals surface area contributed by atoms with Crippen LogP contribution in [0.2, 0.25) is 5.02 Å². The average Bonchev–Trinajstić information content (AvgIpc) is 3.31. The van der Waals surface area contributed by atoms with Gasteiger partial charge in [-0.05, 0) is 42.0 Å². The maximum absolute atomic E-state index is 13.5. The number of imide groups is 1. The number of carbonyl (C=O) groups excluding carboxylic acids is 2. The van der Waals surface area contributed by atoms with Crippen LogP contribution in [0.4, 0.5) is 17.1 Å². The maximum atomic E-state index is 13.5. The Morgan fingerprint density at radius 1 is 0.844 bits per heavy atom. The fraction of sp³-hybridized carbons (Fsp3) is 0.130. The lowest BCUT2D eigenvalue weighted by Crippen LogP contribution is -2.37. The molecule has 0 unspecified atom stereocenters. The van der Waals surface area contributed by atoms with Crippen molar-refractivity contribution in [2.24, 2.45) is 5.92 Å². The van der Waals surface area contributed by atoms with E-state index in [1.807, 2.05) is 30.3 Å². The molecular formula is C23H16ClN3O5. The van der Waals surface area contributed by atoms with E-state index >= 15 is 0 Å². The van der Waals surface area contributed by atoms with Crippen molar-refractivity contribution in [3.63, 3.8) is 0 Å². The highest BCUT2D eigenvalue weighted by molar-refractivity contribution is 6.31. The van der Waals surface area contributed by atoms with E-state index in [-0.39, 0.29) is 5.69 Å². The number of rotatable bonds is 4. The number of carbonyl (C=O) groups is 2. The molecule has 0 bridgehead atoms. The molecule has 2 heterocycles. The van der Waals surface area contributed by atoms with Crippen molar-refractivity contribution in [3.8, 4) is 0 Å². The number of nitro groups is 1. The Bertz CT molecular complexity index is 1200. The zero-order chi connectivity index (χ0) is 22.4. The molecule has 0 saturated carbocycles. The van der Waals surface area contributed by atoms with Gasteiger partial charge in [0.2, 0.25) is 5.91 Å². The summed E-state index contributed by atoms with van der Waals surface area (Å²) < 4.78 is 0. The number of benzene rings is 3. The molecule has 2 saturated heterocycles. The zero-order valence-corrected chi connectivity index (χ0v) is 17.3. The van der Waals surface area contributed by atoms with E-state index in [0.29, 0.717) is 22.0 Å². The number of halogens is 1. The smallest absolute Gasteiger partial charge is 0.269 e. The Balaban J connectivity index is 1.57. The summed E-state index contributed by atoms with van der Waals surface area (Å²) in [6.45, 7) is 0. The molecule has 5 rings (SSSR count). The van der Waals surface area contributed by atoms with Crippen molar-refractivity contribution in [3.05, 3.63) is 99.6 Å². The van der Waals surface area contributed by atoms with Gasteiger partial charge in [-0.3, -0.25) is 24.5 Å². The van der Waals surface area contributed by atoms with Gasteiger partial charge in [0.1, 0.15) is 5.92 Å². The van der Waals surface area contributed by atoms with Gasteiger partial charge >= 0.3 is 0 Å². The summed E-state index contributed by atoms with van der Waals surface area (Å²) in [6.07, 6.45) is -1.02. The fourth-order valence-electron chi connectivity index (χ4n) is 4.19. The lowest BCUT2D eigenvalue weighted by Gasteiger charge is -2.28. The van der Waals surface area contributed by atoms with E-state index in [1.54, 1.807) is 41.5 Å². The van der Waals surface area contributed by atoms with Crippen molar-refractivity contribution in [2.75, 3.05) is 9.96 Å². The first-order valence-electron chi connectivity index (χ1n) is 9.84. The van der Waals surface area contributed by atoms with Gasteiger partial charge in [0.05, 0.1) is 22.3 Å². The van der Waals surface area contributed by atoms with Gasteiger partial charge < -0.3 is 0 Å². The molecule has 0 radical (unpaired) electrons. The number of non-ortho nitro benzene ring substituents is 1. The third-order valence-electron chi connectivity index (χ3n) is 5.66. The maximum Gasteiger partial charge on any atom is 0.269 e. The number of hydrogen-bond acceptors (Lipinski definition) is 6. The monoisotopic (exact) mass is 449 g/mol. The molecule has 0 spiro atoms. The van der Waals surface area contributed by atoms with Crippen LogP contribution in [0.1, 0.15) is 11.6 Å². The summed E-state index contributed by atoms with van der Waals surface area (Å²) in [5, 5.41) is 13.1. The molecule has 2 aliphatic heterocycles. The number of amides is 2. The van der Waals surface area contributed by atoms with Gasteiger partial charge in [0, 0.05) is 17.2 Å². The van der Waals surface area contributed by atoms with Crippen LogP contribution in [0.3, 0.4) is 0 Å². The van der Waals surface area contributed by atoms with Gasteiger partial charge in [-0.1, -0.05) is 41.9 Å². The first-order chi connectivity index (χ1) is 15.5. The van der Waals surface area contributed by atoms with Crippen LogP contribution in [0.5, 0.6) is 0 Å². The highest BCUT2D eigenvalue weighted by atomic mass is 35.5. The molecular weight excluding hydrogens is 434 g/mol. The molecule has 3 aromatic carbocycles. The van der Waals surface area contributed by atoms with Crippen LogP contribution >= 0.6 is 11.6 Å². The van der Waals surface area contributed by atoms with E-state index in [9.17, 15) is 19.7 Å². The molecule has 0 N–H and O–H groups in total. The van der Waals surface area contributed by atoms with Gasteiger partial charge in [0.15, 0.2) is 6.10 Å². The quantitative estimate of drug-likeness (QED) is 0.335. The van der Waals surface area contributed by atoms with Crippen molar-refractivity contribution in [1.82, 2.24) is 0 Å². The normalized spacial score (nSPS) is 22.3. The summed E-state index contributed by atoms with van der Waals surface area (Å²) in [5.74, 6) is -1.68. The van der Waals surface area contributed by atoms with Crippen LogP contribution < -0.4 is 9.96 Å². The SMILES string of the molecule is O=C1[C@@H]2[C@@H](ON(c3ccccc3)[C@H]2c2ccc([N+](=O)[O-])cc2)C(=O)N1c1ccc(Cl)cc1. The van der Waals surface area contributed by atoms with Gasteiger partial charge in [-0.15, -0.1) is 0 Å². The molecule has 0 aliphatic carbocycles. The summed E-state index contributed by atoms with van der Waals surface area (Å²) >= 11 is 5.94. The van der Waals surface area contributed by atoms with E-state index in [2.05, 4.69) is 0 Å². The lowest BCUT2D eigenvalue weighted by molar-refractivity contribution is -0.384. The Labute approximate surface area is 187 Å². The average molecular weight is 450 g/mol. The molecule has 9 heteroatoms. The largest absolute Gasteiger partial charge is 0.273 e. The van der Waals surface area contributed by atoms with Crippen molar-refractivity contribution >= 4 is 40.5 Å². The van der Waals surface area contributed by atoms with Crippen LogP contribution in [-0.4, -0.2) is 22.8 Å². The minimum Gasteiger partial charge on any atom is -0.273 e. The number of nitrogens with zero attached hydrogens (tertiary/aromatic N) is 3. The number of hydrogen-bond donors (Lipinski definition) is 0. The molecule has 32 heavy (non-hydrogen) atoms. The third kappa shape index (κ3) is 3.21. The summed E-state index contributed by atoms with van der Waals surface area (Å²) in [4.78, 5) is 44.4. The van der Waals surface area contributed by atoms with E-state index in [1.165, 1.54) is 12.1 Å². The molecule has 0 aromatic heterocycles. The summed E-state index contributed by atoms with van der Waals surface area (Å²) in [5.41, 5.74) is 1.65.